The molecule has 4 aromatic rings. The van der Waals surface area contributed by atoms with E-state index in [1.807, 2.05) is 36.7 Å². The van der Waals surface area contributed by atoms with E-state index in [1.54, 1.807) is 44.6 Å². The van der Waals surface area contributed by atoms with Crippen LogP contribution in [0.25, 0.3) is 0 Å². The van der Waals surface area contributed by atoms with E-state index in [0.717, 1.165) is 61.3 Å². The number of anilines is 2. The number of benzene rings is 2. The molecule has 54 heavy (non-hydrogen) atoms. The van der Waals surface area contributed by atoms with Crippen molar-refractivity contribution in [3.8, 4) is 0 Å². The van der Waals surface area contributed by atoms with Gasteiger partial charge in [0, 0.05) is 48.4 Å². The van der Waals surface area contributed by atoms with Crippen molar-refractivity contribution in [2.75, 3.05) is 23.7 Å². The lowest BCUT2D eigenvalue weighted by Crippen LogP contribution is -2.24. The molecule has 4 rings (SSSR count). The summed E-state index contributed by atoms with van der Waals surface area (Å²) in [6, 6.07) is 14.4. The molecular weight excluding hydrogens is 696 g/mol. The molecule has 0 unspecified atom stereocenters. The summed E-state index contributed by atoms with van der Waals surface area (Å²) < 4.78 is 3.49. The highest BCUT2D eigenvalue weighted by atomic mass is 16.5. The molecule has 0 saturated carbocycles. The van der Waals surface area contributed by atoms with Crippen LogP contribution in [-0.4, -0.2) is 77.1 Å². The van der Waals surface area contributed by atoms with Gasteiger partial charge in [-0.2, -0.15) is 0 Å². The maximum absolute atomic E-state index is 12.4. The molecule has 18 heteroatoms. The van der Waals surface area contributed by atoms with Gasteiger partial charge in [0.25, 0.3) is 11.8 Å². The Balaban J connectivity index is 1.07. The van der Waals surface area contributed by atoms with Crippen molar-refractivity contribution in [2.45, 2.75) is 90.4 Å². The van der Waals surface area contributed by atoms with Crippen molar-refractivity contribution in [2.24, 2.45) is 0 Å². The zero-order valence-corrected chi connectivity index (χ0v) is 30.3. The highest BCUT2D eigenvalue weighted by Gasteiger charge is 2.09. The van der Waals surface area contributed by atoms with E-state index in [9.17, 15) is 19.2 Å². The first-order chi connectivity index (χ1) is 26.3. The first kappa shape index (κ1) is 40.9. The number of nitrogens with zero attached hydrogens (tertiary/aromatic N) is 6. The van der Waals surface area contributed by atoms with Crippen molar-refractivity contribution in [1.82, 2.24) is 51.6 Å². The number of hydrogen-bond acceptors (Lipinski definition) is 12. The van der Waals surface area contributed by atoms with Crippen LogP contribution in [0, 0.1) is 0 Å². The third kappa shape index (κ3) is 15.0. The molecule has 0 atom stereocenters. The lowest BCUT2D eigenvalue weighted by Gasteiger charge is -2.07. The van der Waals surface area contributed by atoms with Gasteiger partial charge in [-0.15, -0.1) is 10.2 Å². The summed E-state index contributed by atoms with van der Waals surface area (Å²) in [7, 11) is 0. The van der Waals surface area contributed by atoms with E-state index in [0.29, 0.717) is 76.1 Å². The molecule has 0 bridgehead atoms. The van der Waals surface area contributed by atoms with Gasteiger partial charge in [0.1, 0.15) is 11.4 Å². The van der Waals surface area contributed by atoms with E-state index >= 15 is 0 Å². The summed E-state index contributed by atoms with van der Waals surface area (Å²) in [5.74, 6) is -1.05. The molecule has 2 aromatic heterocycles. The fraction of sp³-hybridized carbons (Fsp3) is 0.444. The molecule has 18 nitrogen and oxygen atoms in total. The highest BCUT2D eigenvalue weighted by Crippen LogP contribution is 2.13. The van der Waals surface area contributed by atoms with Gasteiger partial charge in [-0.05, 0) is 74.2 Å². The SMILES string of the molecule is O=C(CCCCCCNC(=O)c1ccc(NCc2cn(CCn3cc(CNc4ccc(C(=O)NCCCCCCC(=O)NO)cc4)nn3)nn2)cc1)NO. The van der Waals surface area contributed by atoms with Crippen LogP contribution < -0.4 is 32.2 Å². The topological polar surface area (TPSA) is 242 Å². The average molecular weight is 747 g/mol. The Hall–Kier alpha value is -5.88. The molecule has 8 N–H and O–H groups in total. The fourth-order valence-electron chi connectivity index (χ4n) is 5.37. The van der Waals surface area contributed by atoms with Gasteiger partial charge in [0.15, 0.2) is 0 Å². The number of carbonyl (C=O) groups is 4. The molecule has 0 radical (unpaired) electrons. The van der Waals surface area contributed by atoms with Crippen molar-refractivity contribution in [3.05, 3.63) is 83.4 Å². The quantitative estimate of drug-likeness (QED) is 0.0277. The molecule has 4 amide bonds. The van der Waals surface area contributed by atoms with Gasteiger partial charge in [-0.3, -0.25) is 39.0 Å². The number of hydrogen-bond donors (Lipinski definition) is 8. The minimum absolute atomic E-state index is 0.139. The van der Waals surface area contributed by atoms with Gasteiger partial charge >= 0.3 is 0 Å². The summed E-state index contributed by atoms with van der Waals surface area (Å²) in [5.41, 5.74) is 7.61. The Morgan fingerprint density at radius 1 is 0.537 bits per heavy atom. The van der Waals surface area contributed by atoms with E-state index in [2.05, 4.69) is 41.9 Å². The molecule has 0 aliphatic heterocycles. The summed E-state index contributed by atoms with van der Waals surface area (Å²) in [4.78, 5) is 46.9. The Kier molecular flexibility index (Phi) is 17.4. The number of hydroxylamine groups is 2. The number of amides is 4. The van der Waals surface area contributed by atoms with E-state index in [1.165, 1.54) is 0 Å². The minimum Gasteiger partial charge on any atom is -0.379 e. The normalized spacial score (nSPS) is 10.8. The first-order valence-electron chi connectivity index (χ1n) is 18.2. The summed E-state index contributed by atoms with van der Waals surface area (Å²) in [5, 5.41) is 46.3. The van der Waals surface area contributed by atoms with Crippen molar-refractivity contribution in [1.29, 1.82) is 0 Å². The van der Waals surface area contributed by atoms with Gasteiger partial charge in [-0.25, -0.2) is 11.0 Å². The monoisotopic (exact) mass is 746 g/mol. The number of aryl methyl sites for hydroxylation is 2. The second-order valence-electron chi connectivity index (χ2n) is 12.7. The Morgan fingerprint density at radius 2 is 0.926 bits per heavy atom. The lowest BCUT2D eigenvalue weighted by atomic mass is 10.1. The third-order valence-electron chi connectivity index (χ3n) is 8.45. The van der Waals surface area contributed by atoms with Gasteiger partial charge in [-0.1, -0.05) is 36.1 Å². The molecule has 0 aliphatic rings. The van der Waals surface area contributed by atoms with E-state index < -0.39 is 0 Å². The standard InChI is InChI=1S/C36H50N12O6/c49-33(43-53)9-5-1-3-7-19-37-35(51)27-11-15-29(16-12-27)39-23-31-25-47(45-41-31)21-22-48-26-32(42-46-48)24-40-30-17-13-28(14-18-30)36(52)38-20-8-4-2-6-10-34(50)44-54/h11-18,25-26,39-40,53-54H,1-10,19-24H2,(H,37,51)(H,38,52)(H,43,49)(H,44,50). The minimum atomic E-state index is -0.383. The predicted molar refractivity (Wildman–Crippen MR) is 198 cm³/mol. The van der Waals surface area contributed by atoms with Gasteiger partial charge < -0.3 is 21.3 Å². The largest absolute Gasteiger partial charge is 0.379 e. The van der Waals surface area contributed by atoms with Crippen LogP contribution in [0.4, 0.5) is 11.4 Å². The average Bonchev–Trinajstić information content (AvgIpc) is 3.87. The van der Waals surface area contributed by atoms with E-state index in [4.69, 9.17) is 10.4 Å². The number of carbonyl (C=O) groups excluding carboxylic acids is 4. The Morgan fingerprint density at radius 3 is 1.31 bits per heavy atom. The van der Waals surface area contributed by atoms with Crippen molar-refractivity contribution in [3.63, 3.8) is 0 Å². The predicted octanol–water partition coefficient (Wildman–Crippen LogP) is 3.17. The zero-order chi connectivity index (χ0) is 38.4. The van der Waals surface area contributed by atoms with Crippen LogP contribution >= 0.6 is 0 Å². The summed E-state index contributed by atoms with van der Waals surface area (Å²) >= 11 is 0. The van der Waals surface area contributed by atoms with Crippen LogP contribution in [0.3, 0.4) is 0 Å². The van der Waals surface area contributed by atoms with Crippen molar-refractivity contribution >= 4 is 35.0 Å². The van der Waals surface area contributed by atoms with Gasteiger partial charge in [0.2, 0.25) is 11.8 Å². The molecule has 0 fully saturated rings. The second-order valence-corrected chi connectivity index (χ2v) is 12.7. The molecule has 2 heterocycles. The lowest BCUT2D eigenvalue weighted by molar-refractivity contribution is -0.130. The fourth-order valence-corrected chi connectivity index (χ4v) is 5.37. The smallest absolute Gasteiger partial charge is 0.251 e. The molecule has 2 aromatic carbocycles. The molecule has 0 aliphatic carbocycles. The Labute approximate surface area is 313 Å². The second kappa shape index (κ2) is 22.9. The van der Waals surface area contributed by atoms with Crippen LogP contribution in [0.1, 0.15) is 96.3 Å². The molecule has 290 valence electrons. The van der Waals surface area contributed by atoms with Crippen LogP contribution in [0.2, 0.25) is 0 Å². The summed E-state index contributed by atoms with van der Waals surface area (Å²) in [6.07, 6.45) is 10.8. The zero-order valence-electron chi connectivity index (χ0n) is 30.3. The van der Waals surface area contributed by atoms with Crippen LogP contribution in [0.5, 0.6) is 0 Å². The highest BCUT2D eigenvalue weighted by molar-refractivity contribution is 5.95. The maximum Gasteiger partial charge on any atom is 0.251 e. The number of aromatic nitrogens is 6. The Bertz CT molecular complexity index is 1620. The summed E-state index contributed by atoms with van der Waals surface area (Å²) in [6.45, 7) is 3.15. The maximum atomic E-state index is 12.4. The van der Waals surface area contributed by atoms with Crippen molar-refractivity contribution < 1.29 is 29.6 Å². The molecular formula is C36H50N12O6. The van der Waals surface area contributed by atoms with Crippen LogP contribution in [0.15, 0.2) is 60.9 Å². The number of unbranched alkanes of at least 4 members (excludes halogenated alkanes) is 6. The third-order valence-corrected chi connectivity index (χ3v) is 8.45. The first-order valence-corrected chi connectivity index (χ1v) is 18.2. The number of rotatable bonds is 25. The molecule has 0 spiro atoms. The number of nitrogens with one attached hydrogen (secondary N) is 6. The van der Waals surface area contributed by atoms with Gasteiger partial charge in [0.05, 0.1) is 38.6 Å². The molecule has 0 saturated heterocycles. The van der Waals surface area contributed by atoms with Crippen LogP contribution in [-0.2, 0) is 35.8 Å². The van der Waals surface area contributed by atoms with E-state index in [-0.39, 0.29) is 23.6 Å².